The first-order valence-electron chi connectivity index (χ1n) is 8.19. The van der Waals surface area contributed by atoms with Crippen LogP contribution in [0, 0.1) is 35.3 Å². The second-order valence-electron chi connectivity index (χ2n) is 6.34. The third-order valence-corrected chi connectivity index (χ3v) is 4.01. The molecule has 0 spiro atoms. The number of amides is 1. The maximum Gasteiger partial charge on any atom is 0.270 e. The van der Waals surface area contributed by atoms with Crippen molar-refractivity contribution in [3.05, 3.63) is 68.8 Å². The minimum atomic E-state index is -0.567. The lowest BCUT2D eigenvalue weighted by Crippen LogP contribution is -2.15. The van der Waals surface area contributed by atoms with E-state index < -0.39 is 10.8 Å². The number of nitrogens with one attached hydrogen (secondary N) is 1. The molecule has 0 bridgehead atoms. The van der Waals surface area contributed by atoms with Crippen molar-refractivity contribution >= 4 is 29.0 Å². The van der Waals surface area contributed by atoms with E-state index in [-0.39, 0.29) is 11.3 Å². The van der Waals surface area contributed by atoms with Crippen molar-refractivity contribution in [2.24, 2.45) is 0 Å². The molecule has 27 heavy (non-hydrogen) atoms. The maximum atomic E-state index is 12.6. The number of aryl methyl sites for hydroxylation is 2. The van der Waals surface area contributed by atoms with Crippen molar-refractivity contribution in [2.75, 3.05) is 24.3 Å². The Morgan fingerprint density at radius 2 is 1.93 bits per heavy atom. The molecular formula is C20H20N4O3. The second-order valence-corrected chi connectivity index (χ2v) is 6.34. The van der Waals surface area contributed by atoms with Gasteiger partial charge in [-0.3, -0.25) is 14.9 Å². The Balaban J connectivity index is 2.44. The summed E-state index contributed by atoms with van der Waals surface area (Å²) in [5.74, 6) is -0.567. The number of nitrogens with zero attached hydrogens (tertiary/aromatic N) is 3. The summed E-state index contributed by atoms with van der Waals surface area (Å²) in [4.78, 5) is 24.9. The van der Waals surface area contributed by atoms with Crippen LogP contribution in [-0.2, 0) is 4.79 Å². The normalized spacial score (nSPS) is 10.9. The van der Waals surface area contributed by atoms with Gasteiger partial charge in [-0.25, -0.2) is 0 Å². The second kappa shape index (κ2) is 8.15. The highest BCUT2D eigenvalue weighted by Crippen LogP contribution is 2.27. The van der Waals surface area contributed by atoms with Gasteiger partial charge in [0.2, 0.25) is 0 Å². The molecule has 0 saturated heterocycles. The van der Waals surface area contributed by atoms with Crippen LogP contribution in [0.5, 0.6) is 0 Å². The number of non-ortho nitro benzene ring substituents is 1. The molecule has 1 N–H and O–H groups in total. The van der Waals surface area contributed by atoms with Crippen LogP contribution < -0.4 is 10.2 Å². The lowest BCUT2D eigenvalue weighted by Gasteiger charge is -2.15. The topological polar surface area (TPSA) is 99.3 Å². The van der Waals surface area contributed by atoms with Crippen LogP contribution in [-0.4, -0.2) is 24.9 Å². The molecule has 7 heteroatoms. The summed E-state index contributed by atoms with van der Waals surface area (Å²) in [6.45, 7) is 3.76. The summed E-state index contributed by atoms with van der Waals surface area (Å²) in [7, 11) is 3.56. The molecule has 0 aliphatic carbocycles. The first-order valence-corrected chi connectivity index (χ1v) is 8.19. The number of hydrogen-bond acceptors (Lipinski definition) is 5. The molecule has 0 fully saturated rings. The SMILES string of the molecule is Cc1ccc(C)c(NC(=O)/C(C#N)=C/c2cc([N+](=O)[O-])ccc2N(C)C)c1. The molecule has 2 rings (SSSR count). The third-order valence-electron chi connectivity index (χ3n) is 4.01. The lowest BCUT2D eigenvalue weighted by molar-refractivity contribution is -0.384. The standard InChI is InChI=1S/C20H20N4O3/c1-13-5-6-14(2)18(9-13)22-20(25)16(12-21)10-15-11-17(24(26)27)7-8-19(15)23(3)4/h5-11H,1-4H3,(H,22,25)/b16-10+. The number of carbonyl (C=O) groups excluding carboxylic acids is 1. The highest BCUT2D eigenvalue weighted by Gasteiger charge is 2.15. The maximum absolute atomic E-state index is 12.6. The van der Waals surface area contributed by atoms with Gasteiger partial charge in [0.05, 0.1) is 4.92 Å². The Bertz CT molecular complexity index is 972. The lowest BCUT2D eigenvalue weighted by atomic mass is 10.1. The number of benzene rings is 2. The summed E-state index contributed by atoms with van der Waals surface area (Å²) in [6.07, 6.45) is 1.36. The summed E-state index contributed by atoms with van der Waals surface area (Å²) >= 11 is 0. The first-order chi connectivity index (χ1) is 12.7. The molecule has 138 valence electrons. The van der Waals surface area contributed by atoms with E-state index in [9.17, 15) is 20.2 Å². The first kappa shape index (κ1) is 19.7. The smallest absolute Gasteiger partial charge is 0.270 e. The molecule has 0 saturated carbocycles. The van der Waals surface area contributed by atoms with E-state index in [0.29, 0.717) is 16.9 Å². The van der Waals surface area contributed by atoms with Crippen molar-refractivity contribution in [1.29, 1.82) is 5.26 Å². The highest BCUT2D eigenvalue weighted by atomic mass is 16.6. The molecule has 0 aliphatic rings. The predicted octanol–water partition coefficient (Wildman–Crippen LogP) is 3.82. The largest absolute Gasteiger partial charge is 0.377 e. The molecule has 7 nitrogen and oxygen atoms in total. The molecular weight excluding hydrogens is 344 g/mol. The molecule has 0 aliphatic heterocycles. The van der Waals surface area contributed by atoms with Crippen LogP contribution >= 0.6 is 0 Å². The quantitative estimate of drug-likeness (QED) is 0.376. The molecule has 1 amide bonds. The van der Waals surface area contributed by atoms with Crippen LogP contribution in [0.25, 0.3) is 6.08 Å². The summed E-state index contributed by atoms with van der Waals surface area (Å²) in [5.41, 5.74) is 3.30. The van der Waals surface area contributed by atoms with Crippen LogP contribution in [0.4, 0.5) is 17.1 Å². The van der Waals surface area contributed by atoms with E-state index in [1.165, 1.54) is 18.2 Å². The molecule has 2 aromatic carbocycles. The van der Waals surface area contributed by atoms with E-state index >= 15 is 0 Å². The fraction of sp³-hybridized carbons (Fsp3) is 0.200. The average molecular weight is 364 g/mol. The van der Waals surface area contributed by atoms with Crippen molar-refractivity contribution in [2.45, 2.75) is 13.8 Å². The number of nitro groups is 1. The molecule has 0 atom stereocenters. The Labute approximate surface area is 157 Å². The predicted molar refractivity (Wildman–Crippen MR) is 106 cm³/mol. The number of carbonyl (C=O) groups is 1. The minimum absolute atomic E-state index is 0.112. The minimum Gasteiger partial charge on any atom is -0.377 e. The number of rotatable bonds is 5. The van der Waals surface area contributed by atoms with Gasteiger partial charge in [0.1, 0.15) is 11.6 Å². The van der Waals surface area contributed by atoms with Crippen molar-refractivity contribution in [3.63, 3.8) is 0 Å². The third kappa shape index (κ3) is 4.70. The van der Waals surface area contributed by atoms with Gasteiger partial charge >= 0.3 is 0 Å². The monoisotopic (exact) mass is 364 g/mol. The van der Waals surface area contributed by atoms with E-state index in [4.69, 9.17) is 0 Å². The molecule has 0 unspecified atom stereocenters. The van der Waals surface area contributed by atoms with Gasteiger partial charge in [0.25, 0.3) is 11.6 Å². The van der Waals surface area contributed by atoms with Crippen molar-refractivity contribution in [3.8, 4) is 6.07 Å². The summed E-state index contributed by atoms with van der Waals surface area (Å²) in [6, 6.07) is 11.8. The van der Waals surface area contributed by atoms with Crippen LogP contribution in [0.2, 0.25) is 0 Å². The Morgan fingerprint density at radius 3 is 2.52 bits per heavy atom. The average Bonchev–Trinajstić information content (AvgIpc) is 2.62. The van der Waals surface area contributed by atoms with Gasteiger partial charge in [-0.15, -0.1) is 0 Å². The van der Waals surface area contributed by atoms with Gasteiger partial charge in [-0.1, -0.05) is 12.1 Å². The van der Waals surface area contributed by atoms with Gasteiger partial charge < -0.3 is 10.2 Å². The van der Waals surface area contributed by atoms with Crippen molar-refractivity contribution < 1.29 is 9.72 Å². The van der Waals surface area contributed by atoms with Gasteiger partial charge in [0, 0.05) is 43.2 Å². The van der Waals surface area contributed by atoms with Crippen LogP contribution in [0.1, 0.15) is 16.7 Å². The number of anilines is 2. The molecule has 2 aromatic rings. The fourth-order valence-electron chi connectivity index (χ4n) is 2.54. The molecule has 0 aromatic heterocycles. The number of hydrogen-bond donors (Lipinski definition) is 1. The van der Waals surface area contributed by atoms with E-state index in [1.54, 1.807) is 25.1 Å². The number of nitro benzene ring substituents is 1. The zero-order valence-electron chi connectivity index (χ0n) is 15.6. The number of nitriles is 1. The van der Waals surface area contributed by atoms with E-state index in [2.05, 4.69) is 5.32 Å². The zero-order valence-corrected chi connectivity index (χ0v) is 15.6. The van der Waals surface area contributed by atoms with Gasteiger partial charge in [0.15, 0.2) is 0 Å². The zero-order chi connectivity index (χ0) is 20.1. The fourth-order valence-corrected chi connectivity index (χ4v) is 2.54. The van der Waals surface area contributed by atoms with Crippen molar-refractivity contribution in [1.82, 2.24) is 0 Å². The Hall–Kier alpha value is -3.66. The summed E-state index contributed by atoms with van der Waals surface area (Å²) < 4.78 is 0. The van der Waals surface area contributed by atoms with Crippen LogP contribution in [0.15, 0.2) is 42.0 Å². The Morgan fingerprint density at radius 1 is 1.22 bits per heavy atom. The molecule has 0 radical (unpaired) electrons. The van der Waals surface area contributed by atoms with E-state index in [1.807, 2.05) is 38.1 Å². The summed E-state index contributed by atoms with van der Waals surface area (Å²) in [5, 5.41) is 23.2. The van der Waals surface area contributed by atoms with Crippen LogP contribution in [0.3, 0.4) is 0 Å². The highest BCUT2D eigenvalue weighted by molar-refractivity contribution is 6.10. The van der Waals surface area contributed by atoms with Gasteiger partial charge in [-0.2, -0.15) is 5.26 Å². The Kier molecular flexibility index (Phi) is 5.93. The van der Waals surface area contributed by atoms with Gasteiger partial charge in [-0.05, 0) is 43.2 Å². The molecule has 0 heterocycles. The van der Waals surface area contributed by atoms with E-state index in [0.717, 1.165) is 11.1 Å².